The van der Waals surface area contributed by atoms with Gasteiger partial charge in [0.25, 0.3) is 0 Å². The van der Waals surface area contributed by atoms with Crippen LogP contribution in [-0.2, 0) is 11.8 Å². The lowest BCUT2D eigenvalue weighted by Gasteiger charge is -2.56. The number of nitrogens with zero attached hydrogens (tertiary/aromatic N) is 1. The Labute approximate surface area is 109 Å². The van der Waals surface area contributed by atoms with Crippen LogP contribution in [0.3, 0.4) is 0 Å². The molecule has 1 saturated heterocycles. The van der Waals surface area contributed by atoms with E-state index in [0.717, 1.165) is 12.0 Å². The van der Waals surface area contributed by atoms with Crippen molar-refractivity contribution >= 4 is 0 Å². The molecule has 1 nitrogen and oxygen atoms in total. The molecule has 0 aromatic heterocycles. The first-order chi connectivity index (χ1) is 8.81. The summed E-state index contributed by atoms with van der Waals surface area (Å²) in [5.41, 5.74) is 3.59. The molecule has 94 valence electrons. The Morgan fingerprint density at radius 3 is 3.11 bits per heavy atom. The summed E-state index contributed by atoms with van der Waals surface area (Å²) in [7, 11) is 2.32. The lowest BCUT2D eigenvalue weighted by atomic mass is 9.55. The van der Waals surface area contributed by atoms with Crippen LogP contribution >= 0.6 is 0 Å². The second kappa shape index (κ2) is 3.71. The van der Waals surface area contributed by atoms with E-state index in [1.54, 1.807) is 11.1 Å². The van der Waals surface area contributed by atoms with Crippen molar-refractivity contribution in [2.45, 2.75) is 37.1 Å². The van der Waals surface area contributed by atoms with Crippen molar-refractivity contribution in [3.8, 4) is 0 Å². The molecule has 1 fully saturated rings. The summed E-state index contributed by atoms with van der Waals surface area (Å²) in [4.78, 5) is 2.61. The molecule has 1 heteroatoms. The van der Waals surface area contributed by atoms with Crippen molar-refractivity contribution in [3.63, 3.8) is 0 Å². The van der Waals surface area contributed by atoms with E-state index in [-0.39, 0.29) is 0 Å². The fraction of sp³-hybridized carbons (Fsp3) is 0.529. The van der Waals surface area contributed by atoms with Gasteiger partial charge in [-0.3, -0.25) is 0 Å². The number of likely N-dealkylation sites (N-methyl/N-ethyl adjacent to an activating group) is 1. The molecular formula is C17H21N. The fourth-order valence-electron chi connectivity index (χ4n) is 4.69. The van der Waals surface area contributed by atoms with Gasteiger partial charge in [-0.15, -0.1) is 0 Å². The van der Waals surface area contributed by atoms with E-state index in [1.807, 2.05) is 0 Å². The van der Waals surface area contributed by atoms with Crippen LogP contribution in [0.15, 0.2) is 36.4 Å². The van der Waals surface area contributed by atoms with Gasteiger partial charge in [0.1, 0.15) is 0 Å². The summed E-state index contributed by atoms with van der Waals surface area (Å²) >= 11 is 0. The zero-order chi connectivity index (χ0) is 12.2. The van der Waals surface area contributed by atoms with Crippen LogP contribution in [0.4, 0.5) is 0 Å². The summed E-state index contributed by atoms with van der Waals surface area (Å²) in [6.07, 6.45) is 10.2. The number of hydrogen-bond donors (Lipinski definition) is 0. The highest BCUT2D eigenvalue weighted by molar-refractivity contribution is 5.45. The molecule has 0 unspecified atom stereocenters. The average Bonchev–Trinajstić information content (AvgIpc) is 2.43. The van der Waals surface area contributed by atoms with Crippen LogP contribution in [0.2, 0.25) is 0 Å². The number of likely N-dealkylation sites (tertiary alicyclic amines) is 1. The second-order valence-electron chi connectivity index (χ2n) is 6.29. The summed E-state index contributed by atoms with van der Waals surface area (Å²) in [5.74, 6) is 0.844. The van der Waals surface area contributed by atoms with E-state index in [2.05, 4.69) is 48.4 Å². The van der Waals surface area contributed by atoms with Gasteiger partial charge in [-0.05, 0) is 56.3 Å². The predicted octanol–water partition coefficient (Wildman–Crippen LogP) is 3.15. The molecule has 0 amide bonds. The monoisotopic (exact) mass is 239 g/mol. The number of benzene rings is 1. The normalized spacial score (nSPS) is 38.1. The maximum absolute atomic E-state index is 2.61. The average molecular weight is 239 g/mol. The largest absolute Gasteiger partial charge is 0.303 e. The lowest BCUT2D eigenvalue weighted by molar-refractivity contribution is 0.0454. The van der Waals surface area contributed by atoms with Crippen molar-refractivity contribution in [2.24, 2.45) is 5.92 Å². The van der Waals surface area contributed by atoms with E-state index in [1.165, 1.54) is 32.2 Å². The van der Waals surface area contributed by atoms with Crippen molar-refractivity contribution in [1.29, 1.82) is 0 Å². The third kappa shape index (κ3) is 1.26. The van der Waals surface area contributed by atoms with Gasteiger partial charge in [0.15, 0.2) is 0 Å². The Hall–Kier alpha value is -1.08. The molecule has 18 heavy (non-hydrogen) atoms. The molecule has 1 aromatic carbocycles. The summed E-state index contributed by atoms with van der Waals surface area (Å²) in [5, 5.41) is 0. The van der Waals surface area contributed by atoms with Gasteiger partial charge in [-0.1, -0.05) is 36.4 Å². The number of allylic oxidation sites excluding steroid dienone is 2. The van der Waals surface area contributed by atoms with E-state index in [4.69, 9.17) is 0 Å². The topological polar surface area (TPSA) is 3.24 Å². The van der Waals surface area contributed by atoms with Gasteiger partial charge >= 0.3 is 0 Å². The molecule has 1 aromatic rings. The van der Waals surface area contributed by atoms with Crippen molar-refractivity contribution in [1.82, 2.24) is 4.90 Å². The summed E-state index contributed by atoms with van der Waals surface area (Å²) in [6.45, 7) is 1.25. The third-order valence-electron chi connectivity index (χ3n) is 5.58. The second-order valence-corrected chi connectivity index (χ2v) is 6.29. The minimum absolute atomic E-state index is 0.365. The van der Waals surface area contributed by atoms with Crippen molar-refractivity contribution in [2.75, 3.05) is 13.6 Å². The van der Waals surface area contributed by atoms with Crippen LogP contribution in [0.1, 0.15) is 30.4 Å². The molecule has 3 aliphatic rings. The molecule has 2 bridgehead atoms. The van der Waals surface area contributed by atoms with Crippen LogP contribution in [0, 0.1) is 5.92 Å². The number of fused-ring (bicyclic) bond motifs is 1. The first-order valence-electron chi connectivity index (χ1n) is 7.27. The Kier molecular flexibility index (Phi) is 2.23. The maximum Gasteiger partial charge on any atom is 0.0190 e. The molecule has 0 saturated carbocycles. The van der Waals surface area contributed by atoms with E-state index in [9.17, 15) is 0 Å². The van der Waals surface area contributed by atoms with Crippen LogP contribution < -0.4 is 0 Å². The minimum Gasteiger partial charge on any atom is -0.303 e. The molecule has 0 N–H and O–H groups in total. The molecular weight excluding hydrogens is 218 g/mol. The van der Waals surface area contributed by atoms with Crippen molar-refractivity contribution < 1.29 is 0 Å². The molecule has 0 spiro atoms. The standard InChI is InChI=1S/C17H21N/c1-18-11-10-17-9-5-4-8-15(17)16(18)12-13-6-2-3-7-14(13)17/h2-3,5-7,9,15-16H,4,8,10-12H2,1H3/t15-,16+,17-/m0/s1. The molecule has 2 aliphatic carbocycles. The van der Waals surface area contributed by atoms with Gasteiger partial charge in [-0.25, -0.2) is 0 Å². The zero-order valence-corrected chi connectivity index (χ0v) is 11.1. The molecule has 3 atom stereocenters. The summed E-state index contributed by atoms with van der Waals surface area (Å²) < 4.78 is 0. The molecule has 0 radical (unpaired) electrons. The highest BCUT2D eigenvalue weighted by atomic mass is 15.1. The Bertz CT molecular complexity index is 504. The predicted molar refractivity (Wildman–Crippen MR) is 74.7 cm³/mol. The van der Waals surface area contributed by atoms with Gasteiger partial charge in [0.2, 0.25) is 0 Å². The zero-order valence-electron chi connectivity index (χ0n) is 11.1. The van der Waals surface area contributed by atoms with E-state index >= 15 is 0 Å². The fourth-order valence-corrected chi connectivity index (χ4v) is 4.69. The lowest BCUT2D eigenvalue weighted by Crippen LogP contribution is -2.58. The SMILES string of the molecule is CN1CC[C@]23C=CCC[C@H]2[C@H]1Cc1ccccc13. The van der Waals surface area contributed by atoms with Gasteiger partial charge in [-0.2, -0.15) is 0 Å². The minimum atomic E-state index is 0.365. The van der Waals surface area contributed by atoms with E-state index < -0.39 is 0 Å². The Balaban J connectivity index is 1.95. The maximum atomic E-state index is 2.61. The third-order valence-corrected chi connectivity index (χ3v) is 5.58. The van der Waals surface area contributed by atoms with Crippen LogP contribution in [-0.4, -0.2) is 24.5 Å². The van der Waals surface area contributed by atoms with Crippen LogP contribution in [0.25, 0.3) is 0 Å². The quantitative estimate of drug-likeness (QED) is 0.629. The highest BCUT2D eigenvalue weighted by Gasteiger charge is 2.51. The Morgan fingerprint density at radius 2 is 2.17 bits per heavy atom. The van der Waals surface area contributed by atoms with E-state index in [0.29, 0.717) is 5.41 Å². The summed E-state index contributed by atoms with van der Waals surface area (Å²) in [6, 6.07) is 9.93. The highest BCUT2D eigenvalue weighted by Crippen LogP contribution is 2.52. The Morgan fingerprint density at radius 1 is 1.28 bits per heavy atom. The van der Waals surface area contributed by atoms with Crippen molar-refractivity contribution in [3.05, 3.63) is 47.5 Å². The number of hydrogen-bond acceptors (Lipinski definition) is 1. The van der Waals surface area contributed by atoms with Gasteiger partial charge < -0.3 is 4.90 Å². The number of rotatable bonds is 0. The molecule has 4 rings (SSSR count). The molecule has 1 aliphatic heterocycles. The first kappa shape index (κ1) is 10.8. The molecule has 1 heterocycles. The number of piperidine rings is 1. The van der Waals surface area contributed by atoms with Crippen LogP contribution in [0.5, 0.6) is 0 Å². The first-order valence-corrected chi connectivity index (χ1v) is 7.27. The smallest absolute Gasteiger partial charge is 0.0190 e. The van der Waals surface area contributed by atoms with Gasteiger partial charge in [0.05, 0.1) is 0 Å². The van der Waals surface area contributed by atoms with Gasteiger partial charge in [0, 0.05) is 11.5 Å².